The summed E-state index contributed by atoms with van der Waals surface area (Å²) in [6, 6.07) is 30.9. The molecular formula is C40H42O5. The number of ether oxygens (including phenoxy) is 4. The number of methoxy groups -OCH3 is 1. The number of benzene rings is 4. The van der Waals surface area contributed by atoms with E-state index in [1.807, 2.05) is 48.5 Å². The van der Waals surface area contributed by atoms with Crippen LogP contribution in [0.15, 0.2) is 104 Å². The summed E-state index contributed by atoms with van der Waals surface area (Å²) >= 11 is 0. The van der Waals surface area contributed by atoms with Gasteiger partial charge >= 0.3 is 5.97 Å². The monoisotopic (exact) mass is 602 g/mol. The molecule has 2 saturated carbocycles. The highest BCUT2D eigenvalue weighted by Gasteiger charge is 2.71. The van der Waals surface area contributed by atoms with Crippen LogP contribution in [0.2, 0.25) is 0 Å². The molecule has 5 heteroatoms. The smallest absolute Gasteiger partial charge is 0.345 e. The molecule has 0 amide bonds. The molecule has 4 aromatic carbocycles. The van der Waals surface area contributed by atoms with Gasteiger partial charge in [-0.05, 0) is 64.1 Å². The summed E-state index contributed by atoms with van der Waals surface area (Å²) in [5.41, 5.74) is 2.86. The Morgan fingerprint density at radius 1 is 0.978 bits per heavy atom. The topological polar surface area (TPSA) is 57.3 Å². The molecule has 7 rings (SSSR count). The Balaban J connectivity index is 1.18. The van der Waals surface area contributed by atoms with Crippen LogP contribution in [0.25, 0.3) is 10.8 Å². The maximum Gasteiger partial charge on any atom is 0.345 e. The van der Waals surface area contributed by atoms with E-state index in [1.165, 1.54) is 16.3 Å². The van der Waals surface area contributed by atoms with E-state index in [0.29, 0.717) is 13.2 Å². The first-order valence-electron chi connectivity index (χ1n) is 16.1. The number of hydrogen-bond donors (Lipinski definition) is 0. The lowest BCUT2D eigenvalue weighted by Crippen LogP contribution is -2.47. The second-order valence-electron chi connectivity index (χ2n) is 13.6. The summed E-state index contributed by atoms with van der Waals surface area (Å²) in [6.45, 7) is 9.47. The molecule has 1 aliphatic heterocycles. The van der Waals surface area contributed by atoms with Gasteiger partial charge < -0.3 is 18.9 Å². The van der Waals surface area contributed by atoms with Gasteiger partial charge in [-0.15, -0.1) is 6.58 Å². The second-order valence-corrected chi connectivity index (χ2v) is 13.6. The Morgan fingerprint density at radius 2 is 1.73 bits per heavy atom. The fraction of sp³-hybridized carbons (Fsp3) is 0.375. The van der Waals surface area contributed by atoms with Crippen LogP contribution < -0.4 is 4.74 Å². The lowest BCUT2D eigenvalue weighted by molar-refractivity contribution is -0.178. The Labute approximate surface area is 266 Å². The lowest BCUT2D eigenvalue weighted by Gasteiger charge is -2.42. The normalized spacial score (nSPS) is 27.8. The second kappa shape index (κ2) is 11.5. The van der Waals surface area contributed by atoms with Crippen molar-refractivity contribution in [3.8, 4) is 5.75 Å². The zero-order valence-electron chi connectivity index (χ0n) is 26.5. The fourth-order valence-electron chi connectivity index (χ4n) is 8.47. The number of epoxide rings is 1. The summed E-state index contributed by atoms with van der Waals surface area (Å²) < 4.78 is 25.2. The Morgan fingerprint density at radius 3 is 2.47 bits per heavy atom. The lowest BCUT2D eigenvalue weighted by atomic mass is 9.66. The first kappa shape index (κ1) is 29.8. The van der Waals surface area contributed by atoms with Crippen LogP contribution >= 0.6 is 0 Å². The fourth-order valence-corrected chi connectivity index (χ4v) is 8.47. The quantitative estimate of drug-likeness (QED) is 0.0985. The molecule has 45 heavy (non-hydrogen) atoms. The molecule has 0 radical (unpaired) electrons. The first-order valence-corrected chi connectivity index (χ1v) is 16.1. The average molecular weight is 603 g/mol. The molecule has 0 aromatic heterocycles. The highest BCUT2D eigenvalue weighted by atomic mass is 16.7. The minimum atomic E-state index is -1.03. The zero-order valence-corrected chi connectivity index (χ0v) is 26.5. The number of fused-ring (bicyclic) bond motifs is 3. The van der Waals surface area contributed by atoms with Crippen LogP contribution in [0.4, 0.5) is 0 Å². The van der Waals surface area contributed by atoms with Gasteiger partial charge in [-0.3, -0.25) is 0 Å². The van der Waals surface area contributed by atoms with E-state index in [4.69, 9.17) is 18.9 Å². The van der Waals surface area contributed by atoms with E-state index in [1.54, 1.807) is 7.11 Å². The van der Waals surface area contributed by atoms with E-state index in [-0.39, 0.29) is 28.8 Å². The molecular weight excluding hydrogens is 560 g/mol. The largest absolute Gasteiger partial charge is 0.496 e. The third-order valence-corrected chi connectivity index (χ3v) is 11.2. The van der Waals surface area contributed by atoms with Crippen LogP contribution in [-0.2, 0) is 37.6 Å². The molecule has 5 nitrogen and oxygen atoms in total. The molecule has 0 N–H and O–H groups in total. The Kier molecular flexibility index (Phi) is 7.58. The SMILES string of the molecule is C=CC[C@]12CC[C@H]([C@@H](OCc3cccc(OC)c3Cc3ccc4ccccc4c3)[C@H]1OC(=O)C1(c3ccccc3)CO1)C2(C)C. The molecule has 1 unspecified atom stereocenters. The number of esters is 1. The molecule has 3 aliphatic rings. The minimum Gasteiger partial charge on any atom is -0.496 e. The summed E-state index contributed by atoms with van der Waals surface area (Å²) in [5, 5.41) is 2.44. The summed E-state index contributed by atoms with van der Waals surface area (Å²) in [4.78, 5) is 13.9. The molecule has 1 saturated heterocycles. The molecule has 4 aromatic rings. The van der Waals surface area contributed by atoms with E-state index < -0.39 is 11.7 Å². The van der Waals surface area contributed by atoms with Crippen molar-refractivity contribution in [1.29, 1.82) is 0 Å². The van der Waals surface area contributed by atoms with E-state index >= 15 is 0 Å². The van der Waals surface area contributed by atoms with Gasteiger partial charge in [-0.25, -0.2) is 4.79 Å². The number of carbonyl (C=O) groups is 1. The predicted octanol–water partition coefficient (Wildman–Crippen LogP) is 8.17. The number of hydrogen-bond acceptors (Lipinski definition) is 5. The molecule has 2 aliphatic carbocycles. The van der Waals surface area contributed by atoms with E-state index in [2.05, 4.69) is 69.0 Å². The molecule has 1 heterocycles. The van der Waals surface area contributed by atoms with E-state index in [0.717, 1.165) is 48.1 Å². The van der Waals surface area contributed by atoms with Crippen molar-refractivity contribution in [1.82, 2.24) is 0 Å². The maximum atomic E-state index is 13.9. The van der Waals surface area contributed by atoms with Gasteiger partial charge in [-0.2, -0.15) is 0 Å². The van der Waals surface area contributed by atoms with Crippen molar-refractivity contribution in [3.63, 3.8) is 0 Å². The van der Waals surface area contributed by atoms with Gasteiger partial charge in [0.05, 0.1) is 26.4 Å². The van der Waals surface area contributed by atoms with Crippen LogP contribution in [-0.4, -0.2) is 31.9 Å². The van der Waals surface area contributed by atoms with E-state index in [9.17, 15) is 4.79 Å². The Hall–Kier alpha value is -3.93. The maximum absolute atomic E-state index is 13.9. The van der Waals surface area contributed by atoms with Crippen LogP contribution in [0.3, 0.4) is 0 Å². The van der Waals surface area contributed by atoms with Crippen molar-refractivity contribution in [3.05, 3.63) is 126 Å². The third-order valence-electron chi connectivity index (χ3n) is 11.2. The van der Waals surface area contributed by atoms with Crippen LogP contribution in [0, 0.1) is 16.7 Å². The van der Waals surface area contributed by atoms with Crippen molar-refractivity contribution < 1.29 is 23.7 Å². The standard InChI is InChI=1S/C40H42O5/c1-5-21-39-22-20-33(38(39,2)3)35(36(39)45-37(41)40(26-44-40)31-15-7-6-8-16-31)43-25-30-14-11-17-34(42-4)32(30)24-27-18-19-28-12-9-10-13-29(28)23-27/h5-19,23,33,35-36H,1,20-22,24-26H2,2-4H3/t33-,35-,36-,39+,40?/m1/s1. The minimum absolute atomic E-state index is 0.0938. The van der Waals surface area contributed by atoms with Crippen molar-refractivity contribution in [2.45, 2.75) is 63.9 Å². The van der Waals surface area contributed by atoms with Crippen molar-refractivity contribution in [2.24, 2.45) is 16.7 Å². The molecule has 0 spiro atoms. The van der Waals surface area contributed by atoms with Gasteiger partial charge in [0.1, 0.15) is 11.9 Å². The molecule has 3 fully saturated rings. The average Bonchev–Trinajstić information content (AvgIpc) is 3.81. The van der Waals surface area contributed by atoms with Gasteiger partial charge in [0.15, 0.2) is 0 Å². The predicted molar refractivity (Wildman–Crippen MR) is 176 cm³/mol. The zero-order chi connectivity index (χ0) is 31.2. The summed E-state index contributed by atoms with van der Waals surface area (Å²) in [5.74, 6) is 0.773. The number of carbonyl (C=O) groups excluding carboxylic acids is 1. The van der Waals surface area contributed by atoms with Crippen molar-refractivity contribution in [2.75, 3.05) is 13.7 Å². The highest BCUT2D eigenvalue weighted by molar-refractivity contribution is 5.84. The molecule has 232 valence electrons. The summed E-state index contributed by atoms with van der Waals surface area (Å²) in [6.07, 6.45) is 4.82. The van der Waals surface area contributed by atoms with Gasteiger partial charge in [-0.1, -0.05) is 105 Å². The number of allylic oxidation sites excluding steroid dienone is 1. The molecule has 2 bridgehead atoms. The highest BCUT2D eigenvalue weighted by Crippen LogP contribution is 2.69. The molecule has 5 atom stereocenters. The summed E-state index contributed by atoms with van der Waals surface area (Å²) in [7, 11) is 1.72. The van der Waals surface area contributed by atoms with Gasteiger partial charge in [0.25, 0.3) is 0 Å². The first-order chi connectivity index (χ1) is 21.8. The Bertz CT molecular complexity index is 1720. The van der Waals surface area contributed by atoms with Gasteiger partial charge in [0, 0.05) is 17.4 Å². The van der Waals surface area contributed by atoms with Crippen LogP contribution in [0.1, 0.15) is 55.4 Å². The van der Waals surface area contributed by atoms with Gasteiger partial charge in [0.2, 0.25) is 5.60 Å². The van der Waals surface area contributed by atoms with Crippen LogP contribution in [0.5, 0.6) is 5.75 Å². The number of rotatable bonds is 11. The third kappa shape index (κ3) is 4.88. The van der Waals surface area contributed by atoms with Crippen molar-refractivity contribution >= 4 is 16.7 Å².